The Bertz CT molecular complexity index is 1870. The number of carbonyl (C=O) groups is 2. The zero-order chi connectivity index (χ0) is 31.3. The van der Waals surface area contributed by atoms with Crippen molar-refractivity contribution in [1.29, 1.82) is 0 Å². The van der Waals surface area contributed by atoms with Crippen LogP contribution in [0.3, 0.4) is 0 Å². The molecule has 6 rings (SSSR count). The summed E-state index contributed by atoms with van der Waals surface area (Å²) in [6.45, 7) is 6.34. The van der Waals surface area contributed by atoms with Gasteiger partial charge in [-0.05, 0) is 83.8 Å². The minimum absolute atomic E-state index is 0.191. The molecular weight excluding hydrogens is 565 g/mol. The summed E-state index contributed by atoms with van der Waals surface area (Å²) < 4.78 is 42.9. The summed E-state index contributed by atoms with van der Waals surface area (Å²) in [7, 11) is 0. The zero-order valence-electron chi connectivity index (χ0n) is 24.7. The summed E-state index contributed by atoms with van der Waals surface area (Å²) in [6, 6.07) is 17.7. The number of allylic oxidation sites excluding steroid dienone is 1. The summed E-state index contributed by atoms with van der Waals surface area (Å²) in [5.41, 5.74) is 10.4. The third-order valence-corrected chi connectivity index (χ3v) is 8.45. The highest BCUT2D eigenvalue weighted by molar-refractivity contribution is 6.06. The lowest BCUT2D eigenvalue weighted by molar-refractivity contribution is -0.117. The molecule has 4 aromatic rings. The molecule has 0 radical (unpaired) electrons. The number of carbonyl (C=O) groups excluding carboxylic acids is 2. The monoisotopic (exact) mass is 598 g/mol. The number of hydrogen-bond donors (Lipinski definition) is 3. The predicted octanol–water partition coefficient (Wildman–Crippen LogP) is 5.96. The van der Waals surface area contributed by atoms with Gasteiger partial charge in [-0.3, -0.25) is 9.59 Å². The van der Waals surface area contributed by atoms with Crippen LogP contribution in [0.2, 0.25) is 0 Å². The van der Waals surface area contributed by atoms with Crippen LogP contribution in [0.5, 0.6) is 0 Å². The molecule has 2 aliphatic rings. The van der Waals surface area contributed by atoms with Crippen LogP contribution in [0, 0.1) is 23.4 Å². The number of nitrogens with two attached hydrogens (primary N) is 1. The second-order valence-corrected chi connectivity index (χ2v) is 12.3. The second kappa shape index (κ2) is 11.0. The number of benzene rings is 3. The van der Waals surface area contributed by atoms with Crippen molar-refractivity contribution in [2.45, 2.75) is 51.6 Å². The van der Waals surface area contributed by atoms with Gasteiger partial charge in [-0.15, -0.1) is 0 Å². The first-order valence-electron chi connectivity index (χ1n) is 14.6. The number of nitrogens with zero attached hydrogens (tertiary/aromatic N) is 1. The van der Waals surface area contributed by atoms with E-state index in [1.807, 2.05) is 55.8 Å². The quantitative estimate of drug-likeness (QED) is 0.234. The molecule has 3 heterocycles. The third-order valence-electron chi connectivity index (χ3n) is 8.45. The smallest absolute Gasteiger partial charge is 0.250 e. The fourth-order valence-electron chi connectivity index (χ4n) is 6.52. The summed E-state index contributed by atoms with van der Waals surface area (Å²) >= 11 is 0. The number of hydrogen-bond acceptors (Lipinski definition) is 3. The maximum Gasteiger partial charge on any atom is 0.250 e. The molecule has 0 saturated heterocycles. The minimum atomic E-state index is -0.902. The summed E-state index contributed by atoms with van der Waals surface area (Å²) in [6.07, 6.45) is 2.81. The molecule has 9 heteroatoms. The summed E-state index contributed by atoms with van der Waals surface area (Å²) in [5, 5.41) is 7.44. The van der Waals surface area contributed by atoms with Gasteiger partial charge in [-0.25, -0.2) is 13.2 Å². The van der Waals surface area contributed by atoms with Gasteiger partial charge in [-0.1, -0.05) is 38.1 Å². The number of amides is 2. The lowest BCUT2D eigenvalue weighted by atomic mass is 9.76. The van der Waals surface area contributed by atoms with E-state index < -0.39 is 29.0 Å². The van der Waals surface area contributed by atoms with Crippen LogP contribution < -0.4 is 16.4 Å². The van der Waals surface area contributed by atoms with E-state index in [2.05, 4.69) is 10.6 Å². The maximum atomic E-state index is 13.8. The molecule has 44 heavy (non-hydrogen) atoms. The predicted molar refractivity (Wildman–Crippen MR) is 163 cm³/mol. The van der Waals surface area contributed by atoms with E-state index in [0.717, 1.165) is 28.1 Å². The molecule has 2 aliphatic heterocycles. The Labute approximate surface area is 253 Å². The highest BCUT2D eigenvalue weighted by Gasteiger charge is 2.49. The van der Waals surface area contributed by atoms with Gasteiger partial charge in [0.25, 0.3) is 5.91 Å². The van der Waals surface area contributed by atoms with Gasteiger partial charge >= 0.3 is 0 Å². The Morgan fingerprint density at radius 2 is 1.70 bits per heavy atom. The molecule has 3 aromatic carbocycles. The van der Waals surface area contributed by atoms with Gasteiger partial charge in [0.1, 0.15) is 5.82 Å². The Morgan fingerprint density at radius 3 is 2.39 bits per heavy atom. The first kappa shape index (κ1) is 29.3. The van der Waals surface area contributed by atoms with E-state index in [1.165, 1.54) is 18.2 Å². The van der Waals surface area contributed by atoms with Gasteiger partial charge in [0.2, 0.25) is 5.91 Å². The average molecular weight is 599 g/mol. The van der Waals surface area contributed by atoms with Crippen molar-refractivity contribution < 1.29 is 22.8 Å². The van der Waals surface area contributed by atoms with Gasteiger partial charge in [-0.2, -0.15) is 0 Å². The first-order valence-corrected chi connectivity index (χ1v) is 14.6. The molecule has 2 atom stereocenters. The van der Waals surface area contributed by atoms with Crippen LogP contribution in [0.1, 0.15) is 49.8 Å². The lowest BCUT2D eigenvalue weighted by Crippen LogP contribution is -2.47. The van der Waals surface area contributed by atoms with E-state index in [-0.39, 0.29) is 17.6 Å². The van der Waals surface area contributed by atoms with Crippen LogP contribution >= 0.6 is 0 Å². The Kier molecular flexibility index (Phi) is 7.35. The number of halogens is 3. The molecule has 2 amide bonds. The molecule has 0 bridgehead atoms. The normalized spacial score (nSPS) is 19.9. The fraction of sp³-hybridized carbons (Fsp3) is 0.257. The lowest BCUT2D eigenvalue weighted by Gasteiger charge is -2.35. The van der Waals surface area contributed by atoms with Crippen LogP contribution in [0.4, 0.5) is 13.2 Å². The average Bonchev–Trinajstić information content (AvgIpc) is 3.47. The van der Waals surface area contributed by atoms with Crippen molar-refractivity contribution in [2.24, 2.45) is 11.7 Å². The van der Waals surface area contributed by atoms with Crippen LogP contribution in [0.25, 0.3) is 10.9 Å². The summed E-state index contributed by atoms with van der Waals surface area (Å²) in [5.74, 6) is -3.58. The van der Waals surface area contributed by atoms with E-state index in [1.54, 1.807) is 18.2 Å². The Balaban J connectivity index is 1.45. The van der Waals surface area contributed by atoms with Crippen molar-refractivity contribution in [1.82, 2.24) is 15.2 Å². The van der Waals surface area contributed by atoms with E-state index in [0.29, 0.717) is 47.5 Å². The topological polar surface area (TPSA) is 89.2 Å². The van der Waals surface area contributed by atoms with Crippen molar-refractivity contribution in [3.63, 3.8) is 0 Å². The Morgan fingerprint density at radius 1 is 0.977 bits per heavy atom. The van der Waals surface area contributed by atoms with E-state index >= 15 is 0 Å². The third kappa shape index (κ3) is 5.27. The van der Waals surface area contributed by atoms with Crippen LogP contribution in [0.15, 0.2) is 95.5 Å². The first-order chi connectivity index (χ1) is 20.9. The van der Waals surface area contributed by atoms with Crippen LogP contribution in [-0.4, -0.2) is 21.9 Å². The molecule has 0 saturated carbocycles. The minimum Gasteiger partial charge on any atom is -0.366 e. The highest BCUT2D eigenvalue weighted by atomic mass is 19.2. The van der Waals surface area contributed by atoms with Gasteiger partial charge < -0.3 is 20.9 Å². The second-order valence-electron chi connectivity index (χ2n) is 12.3. The molecule has 226 valence electrons. The Hall–Kier alpha value is -4.79. The number of rotatable bonds is 8. The number of fused-ring (bicyclic) bond motifs is 1. The molecule has 1 unspecified atom stereocenters. The SMILES string of the molecule is CC(C)CC1=C(C(N)=O)C(c2ccc3c(ccn3Cc3ccc(F)c(F)c3)c2)C2=C(N1)[C@](C)(Cc1ccc(F)cc1)NC2=O. The molecule has 0 fully saturated rings. The van der Waals surface area contributed by atoms with Gasteiger partial charge in [0, 0.05) is 41.9 Å². The van der Waals surface area contributed by atoms with Crippen molar-refractivity contribution >= 4 is 22.7 Å². The van der Waals surface area contributed by atoms with Crippen molar-refractivity contribution in [3.8, 4) is 0 Å². The highest BCUT2D eigenvalue weighted by Crippen LogP contribution is 2.46. The molecule has 0 aliphatic carbocycles. The number of primary amides is 1. The van der Waals surface area contributed by atoms with Gasteiger partial charge in [0.15, 0.2) is 11.6 Å². The molecule has 4 N–H and O–H groups in total. The van der Waals surface area contributed by atoms with E-state index in [4.69, 9.17) is 5.73 Å². The van der Waals surface area contributed by atoms with Crippen molar-refractivity contribution in [2.75, 3.05) is 0 Å². The number of dihydropyridines is 1. The van der Waals surface area contributed by atoms with Gasteiger partial charge in [0.05, 0.1) is 16.8 Å². The van der Waals surface area contributed by atoms with Crippen LogP contribution in [-0.2, 0) is 22.6 Å². The van der Waals surface area contributed by atoms with Crippen molar-refractivity contribution in [3.05, 3.63) is 130 Å². The number of nitrogens with one attached hydrogen (secondary N) is 2. The zero-order valence-corrected chi connectivity index (χ0v) is 24.7. The number of aromatic nitrogens is 1. The molecule has 1 aromatic heterocycles. The fourth-order valence-corrected chi connectivity index (χ4v) is 6.52. The molecule has 6 nitrogen and oxygen atoms in total. The largest absolute Gasteiger partial charge is 0.366 e. The molecule has 0 spiro atoms. The maximum absolute atomic E-state index is 13.8. The van der Waals surface area contributed by atoms with E-state index in [9.17, 15) is 22.8 Å². The standard InChI is InChI=1S/C35H33F3N4O2/c1-19(2)14-27-30(33(39)43)29(31-32(40-27)35(3,41-34(31)44)17-20-4-8-24(36)9-5-20)23-7-11-28-22(16-23)12-13-42(28)18-21-6-10-25(37)26(38)15-21/h4-13,15-16,19,29,40H,14,17-18H2,1-3H3,(H2,39,43)(H,41,44)/t29?,35-/m0/s1. The summed E-state index contributed by atoms with van der Waals surface area (Å²) in [4.78, 5) is 26.9. The molecular formula is C35H33F3N4O2.